The molecule has 0 aromatic heterocycles. The zero-order chi connectivity index (χ0) is 12.6. The Labute approximate surface area is 99.6 Å². The van der Waals surface area contributed by atoms with Gasteiger partial charge in [-0.3, -0.25) is 4.79 Å². The lowest BCUT2D eigenvalue weighted by atomic mass is 9.71. The molecule has 1 atom stereocenters. The molecular weight excluding hydrogens is 229 g/mol. The summed E-state index contributed by atoms with van der Waals surface area (Å²) < 4.78 is 0. The molecule has 0 aliphatic heterocycles. The summed E-state index contributed by atoms with van der Waals surface area (Å²) in [5, 5.41) is 5.20. The third-order valence-corrected chi connectivity index (χ3v) is 2.67. The molecule has 0 rings (SSSR count). The van der Waals surface area contributed by atoms with Crippen LogP contribution in [0.15, 0.2) is 10.2 Å². The second-order valence-electron chi connectivity index (χ2n) is 3.74. The number of amides is 1. The second kappa shape index (κ2) is 8.26. The topological polar surface area (TPSA) is 79.2 Å². The van der Waals surface area contributed by atoms with E-state index in [0.29, 0.717) is 12.3 Å². The van der Waals surface area contributed by atoms with E-state index < -0.39 is 6.98 Å². The van der Waals surface area contributed by atoms with Crippen molar-refractivity contribution in [2.45, 2.75) is 13.2 Å². The fourth-order valence-electron chi connectivity index (χ4n) is 1.34. The van der Waals surface area contributed by atoms with Crippen molar-refractivity contribution in [2.24, 2.45) is 16.1 Å². The first kappa shape index (κ1) is 15.1. The van der Waals surface area contributed by atoms with E-state index in [9.17, 15) is 14.6 Å². The largest absolute Gasteiger partial charge is 0.517 e. The Kier molecular flexibility index (Phi) is 7.79. The van der Waals surface area contributed by atoms with Gasteiger partial charge in [-0.25, -0.2) is 0 Å². The number of thioether (sulfide) groups is 1. The molecule has 0 heterocycles. The molecule has 0 fully saturated rings. The van der Waals surface area contributed by atoms with E-state index in [2.05, 4.69) is 10.2 Å². The van der Waals surface area contributed by atoms with E-state index in [1.54, 1.807) is 11.9 Å². The number of carbonyl (C=O) groups is 1. The smallest absolute Gasteiger partial charge is 0.345 e. The Bertz CT molecular complexity index is 247. The van der Waals surface area contributed by atoms with Crippen LogP contribution < -0.4 is 0 Å². The van der Waals surface area contributed by atoms with Crippen LogP contribution >= 0.6 is 11.8 Å². The molecule has 0 aliphatic rings. The number of nitroso groups, excluding NO2 is 2. The van der Waals surface area contributed by atoms with Gasteiger partial charge in [0.05, 0.1) is 5.75 Å². The van der Waals surface area contributed by atoms with Crippen molar-refractivity contribution in [1.29, 1.82) is 0 Å². The molecule has 90 valence electrons. The van der Waals surface area contributed by atoms with E-state index in [0.717, 1.165) is 0 Å². The molecule has 0 unspecified atom stereocenters. The fourth-order valence-corrected chi connectivity index (χ4v) is 1.81. The lowest BCUT2D eigenvalue weighted by Crippen LogP contribution is -2.33. The zero-order valence-electron chi connectivity index (χ0n) is 9.75. The average Bonchev–Trinajstić information content (AvgIpc) is 2.26. The molecule has 0 saturated heterocycles. The maximum absolute atomic E-state index is 11.4. The third kappa shape index (κ3) is 5.84. The molecule has 1 amide bonds. The minimum atomic E-state index is -1.04. The van der Waals surface area contributed by atoms with Crippen LogP contribution in [0.2, 0.25) is 6.32 Å². The van der Waals surface area contributed by atoms with Gasteiger partial charge in [0.2, 0.25) is 5.91 Å². The molecule has 0 bridgehead atoms. The van der Waals surface area contributed by atoms with E-state index >= 15 is 0 Å². The molecule has 16 heavy (non-hydrogen) atoms. The van der Waals surface area contributed by atoms with Crippen LogP contribution in [0.25, 0.3) is 0 Å². The number of carbonyl (C=O) groups excluding carboxylic acids is 1. The molecule has 0 N–H and O–H groups in total. The molecule has 0 aromatic carbocycles. The van der Waals surface area contributed by atoms with Gasteiger partial charge in [0.1, 0.15) is 0 Å². The van der Waals surface area contributed by atoms with Gasteiger partial charge in [-0.2, -0.15) is 21.6 Å². The Morgan fingerprint density at radius 1 is 1.44 bits per heavy atom. The van der Waals surface area contributed by atoms with Crippen LogP contribution in [0.5, 0.6) is 0 Å². The minimum absolute atomic E-state index is 0.0243. The molecule has 8 heteroatoms. The number of hydrogen-bond acceptors (Lipinski definition) is 6. The summed E-state index contributed by atoms with van der Waals surface area (Å²) in [5.41, 5.74) is 0. The van der Waals surface area contributed by atoms with Crippen LogP contribution in [0.3, 0.4) is 0 Å². The first-order chi connectivity index (χ1) is 7.54. The van der Waals surface area contributed by atoms with Gasteiger partial charge in [0, 0.05) is 13.6 Å². The second-order valence-corrected chi connectivity index (χ2v) is 4.61. The van der Waals surface area contributed by atoms with Crippen molar-refractivity contribution in [2.75, 3.05) is 25.6 Å². The van der Waals surface area contributed by atoms with Gasteiger partial charge in [-0.15, -0.1) is 10.2 Å². The van der Waals surface area contributed by atoms with Gasteiger partial charge in [0.25, 0.3) is 0 Å². The van der Waals surface area contributed by atoms with E-state index in [1.807, 2.05) is 13.2 Å². The first-order valence-corrected chi connectivity index (χ1v) is 6.32. The lowest BCUT2D eigenvalue weighted by Gasteiger charge is -2.20. The predicted octanol–water partition coefficient (Wildman–Crippen LogP) is 1.46. The minimum Gasteiger partial charge on any atom is -0.345 e. The van der Waals surface area contributed by atoms with Crippen molar-refractivity contribution < 1.29 is 4.79 Å². The summed E-state index contributed by atoms with van der Waals surface area (Å²) >= 11 is 1.46. The quantitative estimate of drug-likeness (QED) is 0.479. The van der Waals surface area contributed by atoms with Crippen molar-refractivity contribution in [3.05, 3.63) is 9.81 Å². The Hall–Kier alpha value is -0.915. The summed E-state index contributed by atoms with van der Waals surface area (Å²) in [7, 11) is 1.70. The molecule has 0 aromatic rings. The highest BCUT2D eigenvalue weighted by molar-refractivity contribution is 7.99. The Morgan fingerprint density at radius 3 is 2.44 bits per heavy atom. The van der Waals surface area contributed by atoms with Crippen LogP contribution in [0.4, 0.5) is 0 Å². The van der Waals surface area contributed by atoms with E-state index in [1.165, 1.54) is 11.8 Å². The Morgan fingerprint density at radius 2 is 2.00 bits per heavy atom. The van der Waals surface area contributed by atoms with Gasteiger partial charge in [-0.05, 0) is 18.5 Å². The van der Waals surface area contributed by atoms with Gasteiger partial charge < -0.3 is 4.90 Å². The normalized spacial score (nSPS) is 11.7. The summed E-state index contributed by atoms with van der Waals surface area (Å²) in [5.74, 6) is 0.495. The van der Waals surface area contributed by atoms with Crippen LogP contribution in [-0.4, -0.2) is 43.4 Å². The number of hydrogen-bond donors (Lipinski definition) is 0. The van der Waals surface area contributed by atoms with Gasteiger partial charge in [0.15, 0.2) is 0 Å². The van der Waals surface area contributed by atoms with E-state index in [-0.39, 0.29) is 18.1 Å². The SMILES string of the molecule is CSCC(=O)N(C)C[C@H](C)CB(N=O)N=O. The zero-order valence-corrected chi connectivity index (χ0v) is 10.6. The standard InChI is InChI=1S/C8H16BN3O3S/c1-7(4-9(10-14)11-15)5-12(2)8(13)6-16-3/h7H,4-6H2,1-3H3/t7-/m1/s1. The Balaban J connectivity index is 4.02. The van der Waals surface area contributed by atoms with Gasteiger partial charge >= 0.3 is 6.98 Å². The highest BCUT2D eigenvalue weighted by atomic mass is 32.2. The molecular formula is C8H16BN3O3S. The first-order valence-electron chi connectivity index (χ1n) is 4.93. The van der Waals surface area contributed by atoms with Crippen LogP contribution in [0, 0.1) is 15.7 Å². The van der Waals surface area contributed by atoms with Crippen LogP contribution in [-0.2, 0) is 4.79 Å². The highest BCUT2D eigenvalue weighted by Crippen LogP contribution is 2.10. The van der Waals surface area contributed by atoms with Crippen molar-refractivity contribution in [1.82, 2.24) is 4.90 Å². The van der Waals surface area contributed by atoms with Crippen molar-refractivity contribution in [3.8, 4) is 0 Å². The predicted molar refractivity (Wildman–Crippen MR) is 67.3 cm³/mol. The highest BCUT2D eigenvalue weighted by Gasteiger charge is 2.23. The maximum Gasteiger partial charge on any atom is 0.517 e. The molecule has 0 spiro atoms. The van der Waals surface area contributed by atoms with Gasteiger partial charge in [-0.1, -0.05) is 6.92 Å². The van der Waals surface area contributed by atoms with Crippen molar-refractivity contribution in [3.63, 3.8) is 0 Å². The molecule has 0 radical (unpaired) electrons. The summed E-state index contributed by atoms with van der Waals surface area (Å²) in [6, 6.07) is 0. The monoisotopic (exact) mass is 245 g/mol. The summed E-state index contributed by atoms with van der Waals surface area (Å²) in [6.45, 7) is 1.31. The molecule has 0 saturated carbocycles. The fraction of sp³-hybridized carbons (Fsp3) is 0.875. The third-order valence-electron chi connectivity index (χ3n) is 2.14. The maximum atomic E-state index is 11.4. The summed E-state index contributed by atoms with van der Waals surface area (Å²) in [4.78, 5) is 33.4. The number of rotatable bonds is 8. The van der Waals surface area contributed by atoms with Crippen molar-refractivity contribution >= 4 is 24.7 Å². The molecule has 6 nitrogen and oxygen atoms in total. The summed E-state index contributed by atoms with van der Waals surface area (Å²) in [6.07, 6.45) is 2.14. The molecule has 0 aliphatic carbocycles. The lowest BCUT2D eigenvalue weighted by molar-refractivity contribution is -0.127. The number of nitrogens with zero attached hydrogens (tertiary/aromatic N) is 3. The van der Waals surface area contributed by atoms with E-state index in [4.69, 9.17) is 0 Å². The van der Waals surface area contributed by atoms with Crippen LogP contribution in [0.1, 0.15) is 6.92 Å². The average molecular weight is 245 g/mol.